The highest BCUT2D eigenvalue weighted by Crippen LogP contribution is 2.15. The number of hydrogen-bond acceptors (Lipinski definition) is 3. The minimum Gasteiger partial charge on any atom is -0.387 e. The third-order valence-corrected chi connectivity index (χ3v) is 3.84. The molecule has 3 aromatic rings. The molecule has 0 bridgehead atoms. The molecule has 5 nitrogen and oxygen atoms in total. The summed E-state index contributed by atoms with van der Waals surface area (Å²) in [6.45, 7) is -0.0371. The Labute approximate surface area is 148 Å². The first kappa shape index (κ1) is 17.1. The van der Waals surface area contributed by atoms with Crippen molar-refractivity contribution in [3.8, 4) is 5.69 Å². The Morgan fingerprint density at radius 2 is 2.08 bits per heavy atom. The molecule has 7 heteroatoms. The van der Waals surface area contributed by atoms with Crippen molar-refractivity contribution in [1.29, 1.82) is 0 Å². The number of rotatable bonds is 5. The van der Waals surface area contributed by atoms with Crippen LogP contribution in [0.5, 0.6) is 0 Å². The van der Waals surface area contributed by atoms with Crippen LogP contribution < -0.4 is 5.32 Å². The maximum absolute atomic E-state index is 13.2. The Balaban J connectivity index is 1.64. The monoisotopic (exact) mass is 359 g/mol. The molecule has 0 fully saturated rings. The van der Waals surface area contributed by atoms with Gasteiger partial charge < -0.3 is 10.4 Å². The number of halogens is 2. The first-order valence-corrected chi connectivity index (χ1v) is 7.93. The third kappa shape index (κ3) is 4.23. The average Bonchev–Trinajstić information content (AvgIpc) is 3.09. The Morgan fingerprint density at radius 1 is 1.28 bits per heavy atom. The van der Waals surface area contributed by atoms with E-state index in [0.717, 1.165) is 5.69 Å². The number of aliphatic hydroxyl groups is 1. The van der Waals surface area contributed by atoms with Gasteiger partial charge in [0.1, 0.15) is 5.82 Å². The zero-order chi connectivity index (χ0) is 17.8. The molecular weight excluding hydrogens is 345 g/mol. The van der Waals surface area contributed by atoms with Gasteiger partial charge in [-0.2, -0.15) is 5.10 Å². The van der Waals surface area contributed by atoms with Crippen molar-refractivity contribution < 1.29 is 14.3 Å². The zero-order valence-electron chi connectivity index (χ0n) is 13.1. The van der Waals surface area contributed by atoms with Crippen molar-refractivity contribution in [1.82, 2.24) is 15.1 Å². The third-order valence-electron chi connectivity index (χ3n) is 3.61. The largest absolute Gasteiger partial charge is 0.387 e. The van der Waals surface area contributed by atoms with E-state index < -0.39 is 11.9 Å². The average molecular weight is 360 g/mol. The minimum absolute atomic E-state index is 0.0371. The maximum Gasteiger partial charge on any atom is 0.254 e. The van der Waals surface area contributed by atoms with Crippen molar-refractivity contribution in [3.63, 3.8) is 0 Å². The van der Waals surface area contributed by atoms with E-state index in [4.69, 9.17) is 11.6 Å². The van der Waals surface area contributed by atoms with Crippen LogP contribution in [0.3, 0.4) is 0 Å². The summed E-state index contributed by atoms with van der Waals surface area (Å²) < 4.78 is 14.7. The second-order valence-corrected chi connectivity index (χ2v) is 5.87. The Morgan fingerprint density at radius 3 is 2.84 bits per heavy atom. The predicted molar refractivity (Wildman–Crippen MR) is 92.3 cm³/mol. The lowest BCUT2D eigenvalue weighted by atomic mass is 10.1. The molecule has 0 saturated carbocycles. The molecule has 25 heavy (non-hydrogen) atoms. The van der Waals surface area contributed by atoms with Gasteiger partial charge in [-0.05, 0) is 35.9 Å². The van der Waals surface area contributed by atoms with Crippen LogP contribution in [-0.2, 0) is 0 Å². The molecule has 2 N–H and O–H groups in total. The van der Waals surface area contributed by atoms with E-state index in [9.17, 15) is 14.3 Å². The quantitative estimate of drug-likeness (QED) is 0.735. The fraction of sp³-hybridized carbons (Fsp3) is 0.111. The summed E-state index contributed by atoms with van der Waals surface area (Å²) in [5, 5.41) is 17.3. The van der Waals surface area contributed by atoms with Gasteiger partial charge in [0, 0.05) is 17.8 Å². The molecule has 0 aliphatic carbocycles. The number of amides is 1. The number of aromatic nitrogens is 2. The van der Waals surface area contributed by atoms with Gasteiger partial charge in [0.05, 0.1) is 23.6 Å². The van der Waals surface area contributed by atoms with E-state index >= 15 is 0 Å². The summed E-state index contributed by atoms with van der Waals surface area (Å²) in [5.74, 6) is -0.825. The highest BCUT2D eigenvalue weighted by Gasteiger charge is 2.13. The van der Waals surface area contributed by atoms with Crippen LogP contribution in [0.4, 0.5) is 4.39 Å². The molecular formula is C18H15ClFN3O2. The molecule has 0 saturated heterocycles. The van der Waals surface area contributed by atoms with Crippen LogP contribution in [0, 0.1) is 5.82 Å². The van der Waals surface area contributed by atoms with Crippen molar-refractivity contribution in [2.75, 3.05) is 6.54 Å². The zero-order valence-corrected chi connectivity index (χ0v) is 13.8. The van der Waals surface area contributed by atoms with Crippen LogP contribution in [0.1, 0.15) is 22.0 Å². The normalized spacial score (nSPS) is 12.0. The molecule has 0 spiro atoms. The molecule has 1 unspecified atom stereocenters. The van der Waals surface area contributed by atoms with Gasteiger partial charge in [-0.1, -0.05) is 29.8 Å². The number of aliphatic hydroxyl groups excluding tert-OH is 1. The second kappa shape index (κ2) is 7.46. The van der Waals surface area contributed by atoms with Crippen molar-refractivity contribution in [2.45, 2.75) is 6.10 Å². The molecule has 1 amide bonds. The lowest BCUT2D eigenvalue weighted by Crippen LogP contribution is -2.28. The van der Waals surface area contributed by atoms with Crippen molar-refractivity contribution in [2.24, 2.45) is 0 Å². The Bertz CT molecular complexity index is 897. The SMILES string of the molecule is O=C(NCC(O)c1cccc(F)c1)c1cnn(-c2cccc(Cl)c2)c1. The van der Waals surface area contributed by atoms with Crippen LogP contribution in [0.2, 0.25) is 5.02 Å². The fourth-order valence-corrected chi connectivity index (χ4v) is 2.51. The van der Waals surface area contributed by atoms with Crippen LogP contribution in [-0.4, -0.2) is 27.3 Å². The van der Waals surface area contributed by atoms with Gasteiger partial charge in [-0.3, -0.25) is 4.79 Å². The number of nitrogens with one attached hydrogen (secondary N) is 1. The van der Waals surface area contributed by atoms with Gasteiger partial charge in [-0.15, -0.1) is 0 Å². The van der Waals surface area contributed by atoms with Gasteiger partial charge in [0.2, 0.25) is 0 Å². The van der Waals surface area contributed by atoms with E-state index in [1.54, 1.807) is 30.5 Å². The van der Waals surface area contributed by atoms with E-state index in [2.05, 4.69) is 10.4 Å². The summed E-state index contributed by atoms with van der Waals surface area (Å²) in [6, 6.07) is 12.7. The van der Waals surface area contributed by atoms with E-state index in [0.29, 0.717) is 16.1 Å². The summed E-state index contributed by atoms with van der Waals surface area (Å²) in [7, 11) is 0. The maximum atomic E-state index is 13.2. The molecule has 0 radical (unpaired) electrons. The Kier molecular flexibility index (Phi) is 5.11. The van der Waals surface area contributed by atoms with Crippen LogP contribution in [0.25, 0.3) is 5.69 Å². The van der Waals surface area contributed by atoms with E-state index in [1.807, 2.05) is 6.07 Å². The molecule has 1 atom stereocenters. The van der Waals surface area contributed by atoms with Gasteiger partial charge in [-0.25, -0.2) is 9.07 Å². The predicted octanol–water partition coefficient (Wildman–Crippen LogP) is 3.13. The number of hydrogen-bond donors (Lipinski definition) is 2. The second-order valence-electron chi connectivity index (χ2n) is 5.43. The highest BCUT2D eigenvalue weighted by molar-refractivity contribution is 6.30. The van der Waals surface area contributed by atoms with Crippen molar-refractivity contribution >= 4 is 17.5 Å². The highest BCUT2D eigenvalue weighted by atomic mass is 35.5. The standard InChI is InChI=1S/C18H15ClFN3O2/c19-14-4-2-6-16(8-14)23-11-13(9-22-23)18(25)21-10-17(24)12-3-1-5-15(20)7-12/h1-9,11,17,24H,10H2,(H,21,25). The first-order chi connectivity index (χ1) is 12.0. The van der Waals surface area contributed by atoms with E-state index in [-0.39, 0.29) is 12.5 Å². The lowest BCUT2D eigenvalue weighted by molar-refractivity contribution is 0.0916. The summed E-state index contributed by atoms with van der Waals surface area (Å²) >= 11 is 5.94. The molecule has 0 aliphatic rings. The summed E-state index contributed by atoms with van der Waals surface area (Å²) in [6.07, 6.45) is 1.99. The molecule has 0 aliphatic heterocycles. The number of carbonyl (C=O) groups excluding carboxylic acids is 1. The lowest BCUT2D eigenvalue weighted by Gasteiger charge is -2.11. The molecule has 128 valence electrons. The van der Waals surface area contributed by atoms with Crippen LogP contribution in [0.15, 0.2) is 60.9 Å². The molecule has 1 heterocycles. The molecule has 3 rings (SSSR count). The van der Waals surface area contributed by atoms with Gasteiger partial charge in [0.15, 0.2) is 0 Å². The smallest absolute Gasteiger partial charge is 0.254 e. The number of benzene rings is 2. The molecule has 2 aromatic carbocycles. The van der Waals surface area contributed by atoms with E-state index in [1.165, 1.54) is 29.1 Å². The number of nitrogens with zero attached hydrogens (tertiary/aromatic N) is 2. The first-order valence-electron chi connectivity index (χ1n) is 7.55. The van der Waals surface area contributed by atoms with Gasteiger partial charge >= 0.3 is 0 Å². The summed E-state index contributed by atoms with van der Waals surface area (Å²) in [4.78, 5) is 12.2. The topological polar surface area (TPSA) is 67.2 Å². The summed E-state index contributed by atoms with van der Waals surface area (Å²) in [5.41, 5.74) is 1.47. The van der Waals surface area contributed by atoms with Gasteiger partial charge in [0.25, 0.3) is 5.91 Å². The van der Waals surface area contributed by atoms with Crippen LogP contribution >= 0.6 is 11.6 Å². The fourth-order valence-electron chi connectivity index (χ4n) is 2.32. The minimum atomic E-state index is -0.998. The molecule has 1 aromatic heterocycles. The number of carbonyl (C=O) groups is 1. The van der Waals surface area contributed by atoms with Crippen molar-refractivity contribution in [3.05, 3.63) is 82.9 Å². The Hall–Kier alpha value is -2.70.